The number of carbonyl (C=O) groups is 4. The summed E-state index contributed by atoms with van der Waals surface area (Å²) in [5, 5.41) is 27.7. The van der Waals surface area contributed by atoms with Crippen molar-refractivity contribution in [3.05, 3.63) is 82.7 Å². The number of likely N-dealkylation sites (N-methyl/N-ethyl adjacent to an activating group) is 1. The first-order valence-corrected chi connectivity index (χ1v) is 15.5. The third kappa shape index (κ3) is 13.2. The average Bonchev–Trinajstić information content (AvgIpc) is 3.01. The van der Waals surface area contributed by atoms with Crippen LogP contribution < -0.4 is 16.0 Å². The van der Waals surface area contributed by atoms with Gasteiger partial charge in [0.05, 0.1) is 6.10 Å². The lowest BCUT2D eigenvalue weighted by molar-refractivity contribution is -0.134. The number of halogens is 1. The van der Waals surface area contributed by atoms with Gasteiger partial charge < -0.3 is 26.0 Å². The van der Waals surface area contributed by atoms with E-state index in [4.69, 9.17) is 0 Å². The molecule has 2 aromatic carbocycles. The molecule has 46 heavy (non-hydrogen) atoms. The van der Waals surface area contributed by atoms with E-state index in [9.17, 15) is 33.9 Å². The summed E-state index contributed by atoms with van der Waals surface area (Å²) in [5.74, 6) is -2.44. The molecule has 0 aliphatic rings. The third-order valence-electron chi connectivity index (χ3n) is 7.27. The number of aliphatic hydroxyl groups excluding tert-OH is 1. The standard InChI is InChI=1S/C35H46FN5O5/c1-23(2)19-28(21-37)35(46)41(5)18-7-6-11-30(33(44)38-22-27-14-12-24(3)13-15-27)39-34(45)32(25(4)42)40-31(43)17-16-26-9-8-10-29(36)20-26/h8-10,12-15,19-20,23,25,30,32,42H,6-7,11,16-18,22H2,1-5H3,(H,38,44)(H,39,45)(H,40,43)/t25-,30+,32+/m1/s1. The van der Waals surface area contributed by atoms with E-state index in [0.29, 0.717) is 24.9 Å². The number of hydrogen-bond donors (Lipinski definition) is 4. The number of hydrogen-bond acceptors (Lipinski definition) is 6. The second kappa shape index (κ2) is 19.1. The Bertz CT molecular complexity index is 1400. The van der Waals surface area contributed by atoms with Crippen LogP contribution in [0.15, 0.2) is 60.2 Å². The number of aryl methyl sites for hydroxylation is 2. The molecule has 0 saturated heterocycles. The Balaban J connectivity index is 2.06. The van der Waals surface area contributed by atoms with Gasteiger partial charge in [-0.25, -0.2) is 4.39 Å². The second-order valence-electron chi connectivity index (χ2n) is 11.8. The molecule has 0 bridgehead atoms. The number of amides is 4. The molecule has 0 saturated carbocycles. The minimum absolute atomic E-state index is 0.0352. The number of nitrogens with zero attached hydrogens (tertiary/aromatic N) is 2. The second-order valence-corrected chi connectivity index (χ2v) is 11.8. The van der Waals surface area contributed by atoms with Crippen LogP contribution in [0.25, 0.3) is 0 Å². The normalized spacial score (nSPS) is 13.2. The molecule has 0 aliphatic carbocycles. The SMILES string of the molecule is Cc1ccc(CNC(=O)[C@H](CCCCN(C)C(=O)C(C#N)=CC(C)C)NC(=O)[C@@H](NC(=O)CCc2cccc(F)c2)[C@@H](C)O)cc1. The van der Waals surface area contributed by atoms with Gasteiger partial charge in [-0.1, -0.05) is 61.9 Å². The summed E-state index contributed by atoms with van der Waals surface area (Å²) in [5.41, 5.74) is 2.64. The number of carbonyl (C=O) groups excluding carboxylic acids is 4. The Morgan fingerprint density at radius 1 is 1.00 bits per heavy atom. The summed E-state index contributed by atoms with van der Waals surface area (Å²) >= 11 is 0. The highest BCUT2D eigenvalue weighted by atomic mass is 19.1. The smallest absolute Gasteiger partial charge is 0.263 e. The number of rotatable bonds is 17. The van der Waals surface area contributed by atoms with Gasteiger partial charge >= 0.3 is 0 Å². The van der Waals surface area contributed by atoms with Crippen molar-refractivity contribution in [1.82, 2.24) is 20.9 Å². The van der Waals surface area contributed by atoms with Crippen molar-refractivity contribution in [2.75, 3.05) is 13.6 Å². The Labute approximate surface area is 271 Å². The Morgan fingerprint density at radius 2 is 1.70 bits per heavy atom. The van der Waals surface area contributed by atoms with Crippen LogP contribution in [0.2, 0.25) is 0 Å². The van der Waals surface area contributed by atoms with Crippen molar-refractivity contribution in [1.29, 1.82) is 5.26 Å². The number of nitriles is 1. The molecule has 248 valence electrons. The van der Waals surface area contributed by atoms with Gasteiger partial charge in [-0.05, 0) is 68.7 Å². The summed E-state index contributed by atoms with van der Waals surface area (Å²) in [6, 6.07) is 13.1. The lowest BCUT2D eigenvalue weighted by Gasteiger charge is -2.25. The van der Waals surface area contributed by atoms with Crippen LogP contribution in [0.4, 0.5) is 4.39 Å². The Hall–Kier alpha value is -4.56. The zero-order chi connectivity index (χ0) is 34.2. The molecule has 4 N–H and O–H groups in total. The predicted molar refractivity (Wildman–Crippen MR) is 173 cm³/mol. The van der Waals surface area contributed by atoms with Crippen LogP contribution in [0.5, 0.6) is 0 Å². The van der Waals surface area contributed by atoms with Crippen molar-refractivity contribution in [2.24, 2.45) is 5.92 Å². The van der Waals surface area contributed by atoms with Crippen molar-refractivity contribution in [3.8, 4) is 6.07 Å². The highest BCUT2D eigenvalue weighted by molar-refractivity contribution is 5.97. The lowest BCUT2D eigenvalue weighted by atomic mass is 10.1. The van der Waals surface area contributed by atoms with Crippen LogP contribution in [0.1, 0.15) is 63.1 Å². The fourth-order valence-electron chi connectivity index (χ4n) is 4.64. The Morgan fingerprint density at radius 3 is 2.30 bits per heavy atom. The maximum absolute atomic E-state index is 13.5. The number of allylic oxidation sites excluding steroid dienone is 1. The number of benzene rings is 2. The summed E-state index contributed by atoms with van der Waals surface area (Å²) < 4.78 is 13.5. The molecule has 2 aromatic rings. The van der Waals surface area contributed by atoms with E-state index in [1.807, 2.05) is 51.1 Å². The summed E-state index contributed by atoms with van der Waals surface area (Å²) in [6.45, 7) is 7.64. The highest BCUT2D eigenvalue weighted by Gasteiger charge is 2.29. The Kier molecular flexibility index (Phi) is 15.6. The van der Waals surface area contributed by atoms with E-state index >= 15 is 0 Å². The van der Waals surface area contributed by atoms with E-state index in [-0.39, 0.29) is 43.2 Å². The molecule has 0 heterocycles. The van der Waals surface area contributed by atoms with Crippen LogP contribution in [0.3, 0.4) is 0 Å². The maximum atomic E-state index is 13.5. The van der Waals surface area contributed by atoms with Crippen molar-refractivity contribution >= 4 is 23.6 Å². The first kappa shape index (κ1) is 37.6. The number of aliphatic hydroxyl groups is 1. The summed E-state index contributed by atoms with van der Waals surface area (Å²) in [7, 11) is 1.60. The van der Waals surface area contributed by atoms with E-state index < -0.39 is 41.7 Å². The fraction of sp³-hybridized carbons (Fsp3) is 0.457. The van der Waals surface area contributed by atoms with Gasteiger partial charge in [0.15, 0.2) is 0 Å². The van der Waals surface area contributed by atoms with Crippen molar-refractivity contribution in [3.63, 3.8) is 0 Å². The van der Waals surface area contributed by atoms with Crippen LogP contribution in [0, 0.1) is 30.0 Å². The molecule has 11 heteroatoms. The van der Waals surface area contributed by atoms with E-state index in [1.54, 1.807) is 25.3 Å². The van der Waals surface area contributed by atoms with E-state index in [1.165, 1.54) is 24.0 Å². The van der Waals surface area contributed by atoms with Crippen molar-refractivity contribution < 1.29 is 28.7 Å². The minimum Gasteiger partial charge on any atom is -0.391 e. The molecule has 0 aromatic heterocycles. The molecule has 0 spiro atoms. The lowest BCUT2D eigenvalue weighted by Crippen LogP contribution is -2.57. The van der Waals surface area contributed by atoms with E-state index in [0.717, 1.165) is 11.1 Å². The highest BCUT2D eigenvalue weighted by Crippen LogP contribution is 2.10. The van der Waals surface area contributed by atoms with Gasteiger partial charge in [0.2, 0.25) is 17.7 Å². The van der Waals surface area contributed by atoms with Gasteiger partial charge in [0.1, 0.15) is 29.5 Å². The van der Waals surface area contributed by atoms with Crippen LogP contribution >= 0.6 is 0 Å². The molecular weight excluding hydrogens is 589 g/mol. The first-order chi connectivity index (χ1) is 21.8. The fourth-order valence-corrected chi connectivity index (χ4v) is 4.64. The molecular formula is C35H46FN5O5. The van der Waals surface area contributed by atoms with Gasteiger partial charge in [0, 0.05) is 26.6 Å². The first-order valence-electron chi connectivity index (χ1n) is 15.5. The zero-order valence-corrected chi connectivity index (χ0v) is 27.3. The van der Waals surface area contributed by atoms with Gasteiger partial charge in [0.25, 0.3) is 5.91 Å². The number of unbranched alkanes of at least 4 members (excludes halogenated alkanes) is 1. The maximum Gasteiger partial charge on any atom is 0.263 e. The number of nitrogens with one attached hydrogen (secondary N) is 3. The van der Waals surface area contributed by atoms with Crippen LogP contribution in [-0.4, -0.2) is 65.4 Å². The molecule has 4 amide bonds. The quantitative estimate of drug-likeness (QED) is 0.119. The van der Waals surface area contributed by atoms with Gasteiger partial charge in [-0.3, -0.25) is 19.2 Å². The zero-order valence-electron chi connectivity index (χ0n) is 27.3. The summed E-state index contributed by atoms with van der Waals surface area (Å²) in [4.78, 5) is 53.3. The monoisotopic (exact) mass is 635 g/mol. The molecule has 3 atom stereocenters. The predicted octanol–water partition coefficient (Wildman–Crippen LogP) is 3.47. The van der Waals surface area contributed by atoms with Crippen LogP contribution in [-0.2, 0) is 32.1 Å². The molecule has 0 aliphatic heterocycles. The molecule has 0 radical (unpaired) electrons. The topological polar surface area (TPSA) is 152 Å². The molecule has 2 rings (SSSR count). The minimum atomic E-state index is -1.33. The molecule has 0 unspecified atom stereocenters. The van der Waals surface area contributed by atoms with E-state index in [2.05, 4.69) is 16.0 Å². The third-order valence-corrected chi connectivity index (χ3v) is 7.27. The van der Waals surface area contributed by atoms with Gasteiger partial charge in [-0.2, -0.15) is 5.26 Å². The summed E-state index contributed by atoms with van der Waals surface area (Å²) in [6.07, 6.45) is 1.73. The molecule has 10 nitrogen and oxygen atoms in total. The molecule has 0 fully saturated rings. The largest absolute Gasteiger partial charge is 0.391 e. The average molecular weight is 636 g/mol. The van der Waals surface area contributed by atoms with Crippen molar-refractivity contribution in [2.45, 2.75) is 84.5 Å². The van der Waals surface area contributed by atoms with Gasteiger partial charge in [-0.15, -0.1) is 0 Å².